The summed E-state index contributed by atoms with van der Waals surface area (Å²) in [5.41, 5.74) is 1.91. The van der Waals surface area contributed by atoms with Crippen molar-refractivity contribution in [3.63, 3.8) is 0 Å². The number of benzene rings is 2. The second-order valence-electron chi connectivity index (χ2n) is 5.95. The van der Waals surface area contributed by atoms with Crippen molar-refractivity contribution in [2.24, 2.45) is 0 Å². The predicted molar refractivity (Wildman–Crippen MR) is 95.8 cm³/mol. The van der Waals surface area contributed by atoms with Crippen molar-refractivity contribution >= 4 is 5.91 Å². The highest BCUT2D eigenvalue weighted by atomic mass is 19.1. The summed E-state index contributed by atoms with van der Waals surface area (Å²) in [5, 5.41) is 10.8. The number of amides is 1. The average molecular weight is 353 g/mol. The fraction of sp³-hybridized carbons (Fsp3) is 0.250. The van der Waals surface area contributed by atoms with Gasteiger partial charge in [-0.2, -0.15) is 0 Å². The molecule has 1 heterocycles. The van der Waals surface area contributed by atoms with E-state index in [1.165, 1.54) is 17.7 Å². The standard InChI is InChI=1S/C20H20FN3O2/c21-17-10-8-16(9-11-17)20-24-23-19(26-20)13-12-18(25)22-14-4-7-15-5-2-1-3-6-15/h1-3,5-6,8-11H,4,7,12-14H2,(H,22,25). The SMILES string of the molecule is O=C(CCc1nnc(-c2ccc(F)cc2)o1)NCCCc1ccccc1. The van der Waals surface area contributed by atoms with Crippen molar-refractivity contribution in [1.29, 1.82) is 0 Å². The van der Waals surface area contributed by atoms with E-state index < -0.39 is 0 Å². The lowest BCUT2D eigenvalue weighted by atomic mass is 10.1. The molecule has 26 heavy (non-hydrogen) atoms. The first-order chi connectivity index (χ1) is 12.7. The number of rotatable bonds is 8. The molecule has 0 unspecified atom stereocenters. The van der Waals surface area contributed by atoms with Gasteiger partial charge in [-0.1, -0.05) is 30.3 Å². The van der Waals surface area contributed by atoms with Crippen molar-refractivity contribution < 1.29 is 13.6 Å². The molecule has 0 fully saturated rings. The van der Waals surface area contributed by atoms with Crippen molar-refractivity contribution in [3.8, 4) is 11.5 Å². The fourth-order valence-electron chi connectivity index (χ4n) is 2.54. The molecular formula is C20H20FN3O2. The lowest BCUT2D eigenvalue weighted by Crippen LogP contribution is -2.25. The van der Waals surface area contributed by atoms with Gasteiger partial charge in [0.15, 0.2) is 0 Å². The number of aromatic nitrogens is 2. The molecule has 0 aliphatic heterocycles. The molecule has 3 aromatic rings. The molecule has 6 heteroatoms. The lowest BCUT2D eigenvalue weighted by Gasteiger charge is -2.04. The van der Waals surface area contributed by atoms with Gasteiger partial charge in [-0.25, -0.2) is 4.39 Å². The first-order valence-electron chi connectivity index (χ1n) is 8.59. The van der Waals surface area contributed by atoms with Gasteiger partial charge in [0.05, 0.1) is 0 Å². The molecule has 0 aliphatic rings. The van der Waals surface area contributed by atoms with Crippen LogP contribution in [0.15, 0.2) is 59.0 Å². The van der Waals surface area contributed by atoms with E-state index in [-0.39, 0.29) is 18.1 Å². The van der Waals surface area contributed by atoms with Crippen LogP contribution in [-0.2, 0) is 17.6 Å². The van der Waals surface area contributed by atoms with E-state index in [0.29, 0.717) is 30.3 Å². The van der Waals surface area contributed by atoms with Gasteiger partial charge in [-0.3, -0.25) is 4.79 Å². The quantitative estimate of drug-likeness (QED) is 0.629. The van der Waals surface area contributed by atoms with E-state index in [0.717, 1.165) is 12.8 Å². The highest BCUT2D eigenvalue weighted by Crippen LogP contribution is 2.18. The molecule has 5 nitrogen and oxygen atoms in total. The third kappa shape index (κ3) is 5.24. The highest BCUT2D eigenvalue weighted by molar-refractivity contribution is 5.75. The third-order valence-corrected chi connectivity index (χ3v) is 3.93. The summed E-state index contributed by atoms with van der Waals surface area (Å²) in [6.07, 6.45) is 2.49. The van der Waals surface area contributed by atoms with Gasteiger partial charge < -0.3 is 9.73 Å². The van der Waals surface area contributed by atoms with Gasteiger partial charge in [0, 0.05) is 24.9 Å². The number of carbonyl (C=O) groups is 1. The fourth-order valence-corrected chi connectivity index (χ4v) is 2.54. The first kappa shape index (κ1) is 17.8. The number of hydrogen-bond donors (Lipinski definition) is 1. The number of nitrogens with zero attached hydrogens (tertiary/aromatic N) is 2. The average Bonchev–Trinajstić information content (AvgIpc) is 3.14. The Kier molecular flexibility index (Phi) is 6.09. The predicted octanol–water partition coefficient (Wildman–Crippen LogP) is 3.56. The number of carbonyl (C=O) groups excluding carboxylic acids is 1. The Morgan fingerprint density at radius 2 is 1.77 bits per heavy atom. The van der Waals surface area contributed by atoms with Gasteiger partial charge >= 0.3 is 0 Å². The van der Waals surface area contributed by atoms with E-state index in [1.807, 2.05) is 18.2 Å². The number of hydrogen-bond acceptors (Lipinski definition) is 4. The topological polar surface area (TPSA) is 68.0 Å². The Balaban J connectivity index is 1.38. The van der Waals surface area contributed by atoms with Gasteiger partial charge in [0.25, 0.3) is 0 Å². The van der Waals surface area contributed by atoms with Gasteiger partial charge in [0.2, 0.25) is 17.7 Å². The molecule has 0 bridgehead atoms. The number of nitrogens with one attached hydrogen (secondary N) is 1. The molecule has 134 valence electrons. The Morgan fingerprint density at radius 1 is 1.00 bits per heavy atom. The Hall–Kier alpha value is -3.02. The third-order valence-electron chi connectivity index (χ3n) is 3.93. The minimum absolute atomic E-state index is 0.0420. The van der Waals surface area contributed by atoms with Crippen LogP contribution in [0.2, 0.25) is 0 Å². The summed E-state index contributed by atoms with van der Waals surface area (Å²) in [6.45, 7) is 0.637. The van der Waals surface area contributed by atoms with E-state index >= 15 is 0 Å². The number of halogens is 1. The minimum Gasteiger partial charge on any atom is -0.421 e. The monoisotopic (exact) mass is 353 g/mol. The second kappa shape index (κ2) is 8.89. The van der Waals surface area contributed by atoms with Crippen LogP contribution in [0.25, 0.3) is 11.5 Å². The molecule has 1 aromatic heterocycles. The van der Waals surface area contributed by atoms with Crippen molar-refractivity contribution in [1.82, 2.24) is 15.5 Å². The van der Waals surface area contributed by atoms with Crippen LogP contribution in [-0.4, -0.2) is 22.6 Å². The largest absolute Gasteiger partial charge is 0.421 e. The maximum atomic E-state index is 12.9. The van der Waals surface area contributed by atoms with Crippen LogP contribution in [0, 0.1) is 5.82 Å². The zero-order chi connectivity index (χ0) is 18.2. The van der Waals surface area contributed by atoms with Crippen LogP contribution < -0.4 is 5.32 Å². The molecule has 0 aliphatic carbocycles. The van der Waals surface area contributed by atoms with E-state index in [4.69, 9.17) is 4.42 Å². The Labute approximate surface area is 151 Å². The number of aryl methyl sites for hydroxylation is 2. The zero-order valence-corrected chi connectivity index (χ0v) is 14.3. The molecule has 3 rings (SSSR count). The zero-order valence-electron chi connectivity index (χ0n) is 14.3. The van der Waals surface area contributed by atoms with E-state index in [9.17, 15) is 9.18 Å². The van der Waals surface area contributed by atoms with Gasteiger partial charge in [0.1, 0.15) is 5.82 Å². The summed E-state index contributed by atoms with van der Waals surface area (Å²) in [4.78, 5) is 11.9. The van der Waals surface area contributed by atoms with Gasteiger partial charge in [-0.15, -0.1) is 10.2 Å². The summed E-state index contributed by atoms with van der Waals surface area (Å²) in [5.74, 6) is 0.351. The van der Waals surface area contributed by atoms with Crippen molar-refractivity contribution in [2.75, 3.05) is 6.54 Å². The van der Waals surface area contributed by atoms with Gasteiger partial charge in [-0.05, 0) is 42.7 Å². The molecule has 0 radical (unpaired) electrons. The van der Waals surface area contributed by atoms with Crippen LogP contribution in [0.4, 0.5) is 4.39 Å². The minimum atomic E-state index is -0.322. The smallest absolute Gasteiger partial charge is 0.247 e. The summed E-state index contributed by atoms with van der Waals surface area (Å²) < 4.78 is 18.4. The lowest BCUT2D eigenvalue weighted by molar-refractivity contribution is -0.121. The normalized spacial score (nSPS) is 10.7. The highest BCUT2D eigenvalue weighted by Gasteiger charge is 2.10. The van der Waals surface area contributed by atoms with Crippen LogP contribution in [0.1, 0.15) is 24.3 Å². The van der Waals surface area contributed by atoms with Crippen LogP contribution in [0.5, 0.6) is 0 Å². The molecule has 0 saturated carbocycles. The summed E-state index contributed by atoms with van der Waals surface area (Å²) >= 11 is 0. The molecule has 0 spiro atoms. The maximum Gasteiger partial charge on any atom is 0.247 e. The van der Waals surface area contributed by atoms with Crippen molar-refractivity contribution in [2.45, 2.75) is 25.7 Å². The molecule has 1 amide bonds. The molecule has 0 saturated heterocycles. The Morgan fingerprint density at radius 3 is 2.54 bits per heavy atom. The second-order valence-corrected chi connectivity index (χ2v) is 5.95. The van der Waals surface area contributed by atoms with Crippen molar-refractivity contribution in [3.05, 3.63) is 71.9 Å². The van der Waals surface area contributed by atoms with E-state index in [1.54, 1.807) is 12.1 Å². The molecular weight excluding hydrogens is 333 g/mol. The molecule has 1 N–H and O–H groups in total. The maximum absolute atomic E-state index is 12.9. The van der Waals surface area contributed by atoms with E-state index in [2.05, 4.69) is 27.6 Å². The Bertz CT molecular complexity index is 832. The van der Waals surface area contributed by atoms with Crippen LogP contribution >= 0.6 is 0 Å². The molecule has 2 aromatic carbocycles. The molecule has 0 atom stereocenters. The summed E-state index contributed by atoms with van der Waals surface area (Å²) in [7, 11) is 0. The first-order valence-corrected chi connectivity index (χ1v) is 8.59. The van der Waals surface area contributed by atoms with Crippen LogP contribution in [0.3, 0.4) is 0 Å². The summed E-state index contributed by atoms with van der Waals surface area (Å²) in [6, 6.07) is 16.0.